The lowest BCUT2D eigenvalue weighted by atomic mass is 10.1. The third-order valence-corrected chi connectivity index (χ3v) is 4.72. The average molecular weight is 295 g/mol. The molecule has 2 aliphatic rings. The molecule has 0 amide bonds. The summed E-state index contributed by atoms with van der Waals surface area (Å²) in [5.74, 6) is -1.10. The molecule has 3 nitrogen and oxygen atoms in total. The Hall–Kier alpha value is -1.04. The number of likely N-dealkylation sites (tertiary alicyclic amines) is 2. The van der Waals surface area contributed by atoms with E-state index in [2.05, 4.69) is 9.80 Å². The Morgan fingerprint density at radius 2 is 1.95 bits per heavy atom. The molecule has 2 heterocycles. The number of nitrogens with two attached hydrogens (primary N) is 1. The van der Waals surface area contributed by atoms with Gasteiger partial charge in [0.05, 0.1) is 0 Å². The summed E-state index contributed by atoms with van der Waals surface area (Å²) in [7, 11) is 0. The van der Waals surface area contributed by atoms with Crippen molar-refractivity contribution in [1.29, 1.82) is 0 Å². The van der Waals surface area contributed by atoms with Crippen LogP contribution in [0.2, 0.25) is 0 Å². The van der Waals surface area contributed by atoms with E-state index in [4.69, 9.17) is 5.73 Å². The molecule has 1 aromatic carbocycles. The molecule has 0 aliphatic carbocycles. The van der Waals surface area contributed by atoms with Crippen molar-refractivity contribution in [2.45, 2.75) is 31.3 Å². The minimum absolute atomic E-state index is 0.400. The van der Waals surface area contributed by atoms with Crippen molar-refractivity contribution in [1.82, 2.24) is 9.80 Å². The summed E-state index contributed by atoms with van der Waals surface area (Å²) in [5.41, 5.74) is 6.51. The van der Waals surface area contributed by atoms with E-state index in [1.807, 2.05) is 0 Å². The lowest BCUT2D eigenvalue weighted by Gasteiger charge is -2.25. The predicted octanol–water partition coefficient (Wildman–Crippen LogP) is 2.13. The highest BCUT2D eigenvalue weighted by Crippen LogP contribution is 2.23. The van der Waals surface area contributed by atoms with Gasteiger partial charge in [-0.05, 0) is 45.0 Å². The van der Waals surface area contributed by atoms with Crippen molar-refractivity contribution in [2.24, 2.45) is 5.73 Å². The van der Waals surface area contributed by atoms with E-state index in [0.717, 1.165) is 19.2 Å². The quantitative estimate of drug-likeness (QED) is 0.923. The first kappa shape index (κ1) is 14.9. The zero-order valence-electron chi connectivity index (χ0n) is 12.3. The molecule has 0 spiro atoms. The van der Waals surface area contributed by atoms with Crippen LogP contribution in [-0.4, -0.2) is 48.6 Å². The molecule has 2 fully saturated rings. The molecule has 3 rings (SSSR count). The minimum Gasteiger partial charge on any atom is -0.323 e. The summed E-state index contributed by atoms with van der Waals surface area (Å²) in [6.07, 6.45) is 3.77. The van der Waals surface area contributed by atoms with Crippen molar-refractivity contribution in [3.05, 3.63) is 35.4 Å². The molecule has 5 heteroatoms. The summed E-state index contributed by atoms with van der Waals surface area (Å²) in [5, 5.41) is 0. The maximum absolute atomic E-state index is 13.8. The fourth-order valence-electron chi connectivity index (χ4n) is 3.56. The molecule has 2 saturated heterocycles. The van der Waals surface area contributed by atoms with Crippen molar-refractivity contribution in [3.8, 4) is 0 Å². The van der Waals surface area contributed by atoms with Crippen LogP contribution in [0.15, 0.2) is 18.2 Å². The predicted molar refractivity (Wildman–Crippen MR) is 78.9 cm³/mol. The number of halogens is 2. The van der Waals surface area contributed by atoms with Gasteiger partial charge in [0, 0.05) is 36.8 Å². The van der Waals surface area contributed by atoms with E-state index in [-0.39, 0.29) is 0 Å². The molecule has 0 bridgehead atoms. The fraction of sp³-hybridized carbons (Fsp3) is 0.625. The molecule has 116 valence electrons. The highest BCUT2D eigenvalue weighted by molar-refractivity contribution is 5.22. The smallest absolute Gasteiger partial charge is 0.130 e. The van der Waals surface area contributed by atoms with Gasteiger partial charge >= 0.3 is 0 Å². The third-order valence-electron chi connectivity index (χ3n) is 4.72. The second-order valence-corrected chi connectivity index (χ2v) is 6.22. The number of hydrogen-bond donors (Lipinski definition) is 1. The number of rotatable bonds is 4. The Labute approximate surface area is 124 Å². The number of nitrogens with zero attached hydrogens (tertiary/aromatic N) is 2. The lowest BCUT2D eigenvalue weighted by molar-refractivity contribution is 0.227. The fourth-order valence-corrected chi connectivity index (χ4v) is 3.56. The topological polar surface area (TPSA) is 32.5 Å². The van der Waals surface area contributed by atoms with Crippen LogP contribution < -0.4 is 5.73 Å². The van der Waals surface area contributed by atoms with Crippen LogP contribution in [0.25, 0.3) is 0 Å². The van der Waals surface area contributed by atoms with Gasteiger partial charge in [0.15, 0.2) is 0 Å². The lowest BCUT2D eigenvalue weighted by Crippen LogP contribution is -2.37. The Balaban J connectivity index is 1.56. The van der Waals surface area contributed by atoms with Gasteiger partial charge in [0.1, 0.15) is 11.6 Å². The molecule has 2 aliphatic heterocycles. The Bertz CT molecular complexity index is 488. The second-order valence-electron chi connectivity index (χ2n) is 6.22. The van der Waals surface area contributed by atoms with Gasteiger partial charge in [0.2, 0.25) is 0 Å². The van der Waals surface area contributed by atoms with Gasteiger partial charge in [-0.3, -0.25) is 9.80 Å². The highest BCUT2D eigenvalue weighted by Gasteiger charge is 2.30. The first-order valence-corrected chi connectivity index (χ1v) is 7.80. The van der Waals surface area contributed by atoms with Crippen LogP contribution in [0.5, 0.6) is 0 Å². The Morgan fingerprint density at radius 1 is 1.19 bits per heavy atom. The van der Waals surface area contributed by atoms with Gasteiger partial charge in [0.25, 0.3) is 0 Å². The first-order valence-electron chi connectivity index (χ1n) is 7.80. The van der Waals surface area contributed by atoms with Gasteiger partial charge in [-0.2, -0.15) is 0 Å². The standard InChI is InChI=1S/C16H23F2N3/c17-12-3-4-14(15(18)9-12)16(19)11-20-8-5-13(10-20)21-6-1-2-7-21/h3-4,9,13,16H,1-2,5-8,10-11,19H2. The molecule has 2 atom stereocenters. The Morgan fingerprint density at radius 3 is 2.67 bits per heavy atom. The van der Waals surface area contributed by atoms with Gasteiger partial charge in [-0.25, -0.2) is 8.78 Å². The van der Waals surface area contributed by atoms with Crippen LogP contribution in [0, 0.1) is 11.6 Å². The van der Waals surface area contributed by atoms with E-state index in [1.54, 1.807) is 0 Å². The Kier molecular flexibility index (Phi) is 4.52. The van der Waals surface area contributed by atoms with Crippen LogP contribution in [0.3, 0.4) is 0 Å². The van der Waals surface area contributed by atoms with E-state index >= 15 is 0 Å². The zero-order valence-corrected chi connectivity index (χ0v) is 12.3. The molecular formula is C16H23F2N3. The maximum atomic E-state index is 13.8. The van der Waals surface area contributed by atoms with Crippen LogP contribution in [0.1, 0.15) is 30.9 Å². The SMILES string of the molecule is NC(CN1CCC(N2CCCC2)C1)c1ccc(F)cc1F. The van der Waals surface area contributed by atoms with E-state index < -0.39 is 17.7 Å². The second kappa shape index (κ2) is 6.38. The molecule has 0 radical (unpaired) electrons. The molecule has 2 N–H and O–H groups in total. The molecule has 2 unspecified atom stereocenters. The van der Waals surface area contributed by atoms with Gasteiger partial charge in [-0.15, -0.1) is 0 Å². The zero-order chi connectivity index (χ0) is 14.8. The van der Waals surface area contributed by atoms with Crippen LogP contribution in [-0.2, 0) is 0 Å². The average Bonchev–Trinajstić information content (AvgIpc) is 3.08. The number of benzene rings is 1. The van der Waals surface area contributed by atoms with Crippen molar-refractivity contribution >= 4 is 0 Å². The van der Waals surface area contributed by atoms with Crippen LogP contribution in [0.4, 0.5) is 8.78 Å². The van der Waals surface area contributed by atoms with E-state index in [9.17, 15) is 8.78 Å². The van der Waals surface area contributed by atoms with E-state index in [0.29, 0.717) is 18.2 Å². The molecule has 0 saturated carbocycles. The molecule has 1 aromatic rings. The van der Waals surface area contributed by atoms with Gasteiger partial charge in [-0.1, -0.05) is 6.07 Å². The van der Waals surface area contributed by atoms with Crippen molar-refractivity contribution in [3.63, 3.8) is 0 Å². The first-order chi connectivity index (χ1) is 10.1. The molecule has 21 heavy (non-hydrogen) atoms. The number of hydrogen-bond acceptors (Lipinski definition) is 3. The maximum Gasteiger partial charge on any atom is 0.130 e. The summed E-state index contributed by atoms with van der Waals surface area (Å²) in [4.78, 5) is 4.86. The monoisotopic (exact) mass is 295 g/mol. The molecular weight excluding hydrogens is 272 g/mol. The summed E-state index contributed by atoms with van der Waals surface area (Å²) >= 11 is 0. The van der Waals surface area contributed by atoms with Gasteiger partial charge < -0.3 is 5.73 Å². The summed E-state index contributed by atoms with van der Waals surface area (Å²) < 4.78 is 26.7. The third kappa shape index (κ3) is 3.42. The highest BCUT2D eigenvalue weighted by atomic mass is 19.1. The normalized spacial score (nSPS) is 25.6. The van der Waals surface area contributed by atoms with E-state index in [1.165, 1.54) is 44.5 Å². The summed E-state index contributed by atoms with van der Waals surface area (Å²) in [6.45, 7) is 5.06. The summed E-state index contributed by atoms with van der Waals surface area (Å²) in [6, 6.07) is 3.87. The molecule has 0 aromatic heterocycles. The minimum atomic E-state index is -0.557. The van der Waals surface area contributed by atoms with Crippen molar-refractivity contribution < 1.29 is 8.78 Å². The van der Waals surface area contributed by atoms with Crippen molar-refractivity contribution in [2.75, 3.05) is 32.7 Å². The largest absolute Gasteiger partial charge is 0.323 e. The van der Waals surface area contributed by atoms with Crippen LogP contribution >= 0.6 is 0 Å².